The van der Waals surface area contributed by atoms with E-state index in [9.17, 15) is 14.7 Å². The summed E-state index contributed by atoms with van der Waals surface area (Å²) >= 11 is 0. The van der Waals surface area contributed by atoms with E-state index in [4.69, 9.17) is 0 Å². The van der Waals surface area contributed by atoms with Crippen LogP contribution in [0.4, 0.5) is 0 Å². The van der Waals surface area contributed by atoms with Gasteiger partial charge in [0.25, 0.3) is 5.56 Å². The molecule has 2 aromatic heterocycles. The molecule has 7 nitrogen and oxygen atoms in total. The predicted octanol–water partition coefficient (Wildman–Crippen LogP) is 2.01. The highest BCUT2D eigenvalue weighted by molar-refractivity contribution is 5.76. The summed E-state index contributed by atoms with van der Waals surface area (Å²) in [7, 11) is 0. The SMILES string of the molecule is O=C(Cn1ccn2nc(-c3ccccc3)c(CO)c2c1=O)NCCc1ccccc1. The fraction of sp³-hybridized carbons (Fsp3) is 0.174. The number of fused-ring (bicyclic) bond motifs is 1. The van der Waals surface area contributed by atoms with Crippen LogP contribution in [0.3, 0.4) is 0 Å². The molecule has 2 aromatic carbocycles. The van der Waals surface area contributed by atoms with Crippen LogP contribution >= 0.6 is 0 Å². The van der Waals surface area contributed by atoms with Crippen LogP contribution in [-0.2, 0) is 24.4 Å². The molecule has 0 fully saturated rings. The summed E-state index contributed by atoms with van der Waals surface area (Å²) in [4.78, 5) is 25.3. The van der Waals surface area contributed by atoms with Gasteiger partial charge in [0.15, 0.2) is 0 Å². The molecule has 4 rings (SSSR count). The number of hydrogen-bond acceptors (Lipinski definition) is 4. The summed E-state index contributed by atoms with van der Waals surface area (Å²) in [6.07, 6.45) is 3.88. The Morgan fingerprint density at radius 3 is 2.40 bits per heavy atom. The number of hydrogen-bond donors (Lipinski definition) is 2. The highest BCUT2D eigenvalue weighted by atomic mass is 16.3. The molecule has 30 heavy (non-hydrogen) atoms. The molecule has 0 bridgehead atoms. The number of carbonyl (C=O) groups excluding carboxylic acids is 1. The number of aliphatic hydroxyl groups is 1. The van der Waals surface area contributed by atoms with Crippen molar-refractivity contribution in [2.75, 3.05) is 6.54 Å². The van der Waals surface area contributed by atoms with Gasteiger partial charge in [0.2, 0.25) is 5.91 Å². The molecule has 152 valence electrons. The molecule has 0 unspecified atom stereocenters. The maximum atomic E-state index is 13.0. The van der Waals surface area contributed by atoms with Gasteiger partial charge in [-0.2, -0.15) is 5.10 Å². The lowest BCUT2D eigenvalue weighted by molar-refractivity contribution is -0.121. The van der Waals surface area contributed by atoms with E-state index in [-0.39, 0.29) is 30.1 Å². The van der Waals surface area contributed by atoms with Crippen molar-refractivity contribution in [1.82, 2.24) is 19.5 Å². The number of rotatable bonds is 7. The summed E-state index contributed by atoms with van der Waals surface area (Å²) in [5, 5.41) is 17.2. The fourth-order valence-electron chi connectivity index (χ4n) is 3.45. The normalized spacial score (nSPS) is 11.0. The zero-order chi connectivity index (χ0) is 20.9. The number of carbonyl (C=O) groups is 1. The van der Waals surface area contributed by atoms with Gasteiger partial charge in [0.05, 0.1) is 12.3 Å². The lowest BCUT2D eigenvalue weighted by Gasteiger charge is -2.08. The second-order valence-electron chi connectivity index (χ2n) is 6.96. The van der Waals surface area contributed by atoms with Crippen molar-refractivity contribution in [3.05, 3.63) is 94.5 Å². The standard InChI is InChI=1S/C23H22N4O3/c28-16-19-21(18-9-5-2-6-10-18)25-27-14-13-26(23(30)22(19)27)15-20(29)24-12-11-17-7-3-1-4-8-17/h1-10,13-14,28H,11-12,15-16H2,(H,24,29). The van der Waals surface area contributed by atoms with Crippen LogP contribution in [0.25, 0.3) is 16.8 Å². The molecule has 4 aromatic rings. The molecule has 0 aliphatic rings. The molecule has 0 aliphatic heterocycles. The van der Waals surface area contributed by atoms with Gasteiger partial charge in [-0.3, -0.25) is 9.59 Å². The number of aromatic nitrogens is 3. The van der Waals surface area contributed by atoms with Gasteiger partial charge in [0.1, 0.15) is 12.1 Å². The molecular formula is C23H22N4O3. The Morgan fingerprint density at radius 1 is 1.00 bits per heavy atom. The molecular weight excluding hydrogens is 380 g/mol. The lowest BCUT2D eigenvalue weighted by atomic mass is 10.1. The van der Waals surface area contributed by atoms with Gasteiger partial charge in [-0.05, 0) is 12.0 Å². The van der Waals surface area contributed by atoms with Crippen molar-refractivity contribution in [3.63, 3.8) is 0 Å². The van der Waals surface area contributed by atoms with Crippen LogP contribution < -0.4 is 10.9 Å². The Bertz CT molecular complexity index is 1210. The smallest absolute Gasteiger partial charge is 0.277 e. The largest absolute Gasteiger partial charge is 0.392 e. The van der Waals surface area contributed by atoms with Crippen LogP contribution in [-0.4, -0.2) is 31.7 Å². The van der Waals surface area contributed by atoms with E-state index in [2.05, 4.69) is 10.4 Å². The molecule has 7 heteroatoms. The molecule has 0 aliphatic carbocycles. The fourth-order valence-corrected chi connectivity index (χ4v) is 3.45. The maximum Gasteiger partial charge on any atom is 0.277 e. The Balaban J connectivity index is 1.54. The number of nitrogens with one attached hydrogen (secondary N) is 1. The van der Waals surface area contributed by atoms with Crippen molar-refractivity contribution in [1.29, 1.82) is 0 Å². The third-order valence-corrected chi connectivity index (χ3v) is 4.96. The van der Waals surface area contributed by atoms with E-state index in [0.29, 0.717) is 17.8 Å². The molecule has 0 spiro atoms. The minimum absolute atomic E-state index is 0.0964. The summed E-state index contributed by atoms with van der Waals surface area (Å²) < 4.78 is 2.79. The van der Waals surface area contributed by atoms with E-state index < -0.39 is 0 Å². The Hall–Kier alpha value is -3.71. The zero-order valence-corrected chi connectivity index (χ0v) is 16.4. The number of amides is 1. The summed E-state index contributed by atoms with van der Waals surface area (Å²) in [6.45, 7) is 0.0731. The van der Waals surface area contributed by atoms with E-state index >= 15 is 0 Å². The third-order valence-electron chi connectivity index (χ3n) is 4.96. The topological polar surface area (TPSA) is 88.6 Å². The quantitative estimate of drug-likeness (QED) is 0.495. The first-order valence-corrected chi connectivity index (χ1v) is 9.75. The van der Waals surface area contributed by atoms with Crippen molar-refractivity contribution in [2.24, 2.45) is 0 Å². The van der Waals surface area contributed by atoms with E-state index in [1.165, 1.54) is 15.3 Å². The van der Waals surface area contributed by atoms with Crippen molar-refractivity contribution in [2.45, 2.75) is 19.6 Å². The van der Waals surface area contributed by atoms with Gasteiger partial charge in [-0.15, -0.1) is 0 Å². The number of aliphatic hydroxyl groups excluding tert-OH is 1. The van der Waals surface area contributed by atoms with E-state index in [0.717, 1.165) is 17.5 Å². The van der Waals surface area contributed by atoms with E-state index in [1.807, 2.05) is 60.7 Å². The predicted molar refractivity (Wildman–Crippen MR) is 114 cm³/mol. The average molecular weight is 402 g/mol. The van der Waals surface area contributed by atoms with Gasteiger partial charge in [-0.25, -0.2) is 4.52 Å². The highest BCUT2D eigenvalue weighted by Gasteiger charge is 2.18. The lowest BCUT2D eigenvalue weighted by Crippen LogP contribution is -2.33. The van der Waals surface area contributed by atoms with Crippen molar-refractivity contribution >= 4 is 11.4 Å². The molecule has 0 saturated carbocycles. The van der Waals surface area contributed by atoms with Crippen LogP contribution in [0.5, 0.6) is 0 Å². The van der Waals surface area contributed by atoms with Crippen molar-refractivity contribution < 1.29 is 9.90 Å². The molecule has 2 N–H and O–H groups in total. The molecule has 0 radical (unpaired) electrons. The average Bonchev–Trinajstić information content (AvgIpc) is 3.16. The summed E-state index contributed by atoms with van der Waals surface area (Å²) in [5.74, 6) is -0.245. The van der Waals surface area contributed by atoms with Gasteiger partial charge >= 0.3 is 0 Å². The van der Waals surface area contributed by atoms with Crippen molar-refractivity contribution in [3.8, 4) is 11.3 Å². The first-order valence-electron chi connectivity index (χ1n) is 9.75. The zero-order valence-electron chi connectivity index (χ0n) is 16.4. The third kappa shape index (κ3) is 4.01. The number of nitrogens with zero attached hydrogens (tertiary/aromatic N) is 3. The van der Waals surface area contributed by atoms with Crippen LogP contribution in [0, 0.1) is 0 Å². The number of benzene rings is 2. The molecule has 2 heterocycles. The minimum atomic E-state index is -0.366. The monoisotopic (exact) mass is 402 g/mol. The maximum absolute atomic E-state index is 13.0. The van der Waals surface area contributed by atoms with Gasteiger partial charge < -0.3 is 15.0 Å². The van der Waals surface area contributed by atoms with Gasteiger partial charge in [0, 0.05) is 30.1 Å². The molecule has 0 atom stereocenters. The summed E-state index contributed by atoms with van der Waals surface area (Å²) in [5.41, 5.74) is 2.86. The first-order chi connectivity index (χ1) is 14.7. The highest BCUT2D eigenvalue weighted by Crippen LogP contribution is 2.24. The van der Waals surface area contributed by atoms with Crippen LogP contribution in [0.1, 0.15) is 11.1 Å². The molecule has 1 amide bonds. The first kappa shape index (κ1) is 19.6. The van der Waals surface area contributed by atoms with Crippen LogP contribution in [0.15, 0.2) is 77.9 Å². The molecule has 0 saturated heterocycles. The second-order valence-corrected chi connectivity index (χ2v) is 6.96. The Labute approximate surface area is 173 Å². The Morgan fingerprint density at radius 2 is 1.70 bits per heavy atom. The Kier molecular flexibility index (Phi) is 5.72. The van der Waals surface area contributed by atoms with Gasteiger partial charge in [-0.1, -0.05) is 60.7 Å². The van der Waals surface area contributed by atoms with E-state index in [1.54, 1.807) is 6.20 Å². The minimum Gasteiger partial charge on any atom is -0.392 e. The second kappa shape index (κ2) is 8.75. The van der Waals surface area contributed by atoms with Crippen LogP contribution in [0.2, 0.25) is 0 Å². The summed E-state index contributed by atoms with van der Waals surface area (Å²) in [6, 6.07) is 19.3.